The predicted molar refractivity (Wildman–Crippen MR) is 98.3 cm³/mol. The highest BCUT2D eigenvalue weighted by atomic mass is 16.2. The predicted octanol–water partition coefficient (Wildman–Crippen LogP) is 3.14. The van der Waals surface area contributed by atoms with Gasteiger partial charge in [-0.1, -0.05) is 19.1 Å². The van der Waals surface area contributed by atoms with Crippen LogP contribution in [0.5, 0.6) is 0 Å². The van der Waals surface area contributed by atoms with Crippen LogP contribution in [0.1, 0.15) is 43.3 Å². The monoisotopic (exact) mass is 339 g/mol. The fourth-order valence-corrected chi connectivity index (χ4v) is 3.16. The second-order valence-corrected chi connectivity index (χ2v) is 6.41. The van der Waals surface area contributed by atoms with Crippen LogP contribution in [-0.4, -0.2) is 25.2 Å². The molecule has 0 aliphatic heterocycles. The Morgan fingerprint density at radius 3 is 2.80 bits per heavy atom. The number of amides is 1. The van der Waals surface area contributed by atoms with Crippen molar-refractivity contribution >= 4 is 16.9 Å². The minimum absolute atomic E-state index is 0.0230. The molecule has 2 aromatic heterocycles. The van der Waals surface area contributed by atoms with Gasteiger partial charge in [-0.15, -0.1) is 0 Å². The van der Waals surface area contributed by atoms with Crippen molar-refractivity contribution in [2.24, 2.45) is 0 Å². The average Bonchev–Trinajstić information content (AvgIpc) is 3.14. The minimum atomic E-state index is -0.321. The first-order valence-corrected chi connectivity index (χ1v) is 8.75. The third-order valence-electron chi connectivity index (χ3n) is 4.68. The average molecular weight is 339 g/mol. The Morgan fingerprint density at radius 2 is 2.04 bits per heavy atom. The summed E-state index contributed by atoms with van der Waals surface area (Å²) >= 11 is 0. The van der Waals surface area contributed by atoms with Gasteiger partial charge in [0.05, 0.1) is 23.1 Å². The van der Waals surface area contributed by atoms with E-state index in [2.05, 4.69) is 29.2 Å². The first-order chi connectivity index (χ1) is 12.0. The maximum atomic E-state index is 12.6. The molecule has 0 saturated carbocycles. The minimum Gasteiger partial charge on any atom is -0.350 e. The molecule has 0 radical (unpaired) electrons. The molecule has 6 heteroatoms. The van der Waals surface area contributed by atoms with Gasteiger partial charge in [-0.2, -0.15) is 5.10 Å². The molecule has 0 aliphatic carbocycles. The number of aryl methyl sites for hydroxylation is 2. The molecule has 6 nitrogen and oxygen atoms in total. The lowest BCUT2D eigenvalue weighted by Crippen LogP contribution is -2.30. The first kappa shape index (κ1) is 17.2. The molecular weight excluding hydrogens is 314 g/mol. The summed E-state index contributed by atoms with van der Waals surface area (Å²) in [6.45, 7) is 9.48. The quantitative estimate of drug-likeness (QED) is 0.750. The van der Waals surface area contributed by atoms with E-state index in [-0.39, 0.29) is 11.9 Å². The number of fused-ring (bicyclic) bond motifs is 1. The van der Waals surface area contributed by atoms with E-state index in [1.807, 2.05) is 47.4 Å². The maximum Gasteiger partial charge on any atom is 0.243 e. The zero-order chi connectivity index (χ0) is 18.0. The number of rotatable bonds is 6. The van der Waals surface area contributed by atoms with Crippen molar-refractivity contribution in [3.8, 4) is 0 Å². The van der Waals surface area contributed by atoms with Gasteiger partial charge in [0.1, 0.15) is 6.04 Å². The van der Waals surface area contributed by atoms with Crippen molar-refractivity contribution < 1.29 is 4.79 Å². The van der Waals surface area contributed by atoms with E-state index in [0.29, 0.717) is 6.54 Å². The van der Waals surface area contributed by atoms with Crippen LogP contribution in [0.15, 0.2) is 30.6 Å². The van der Waals surface area contributed by atoms with Crippen LogP contribution in [0, 0.1) is 13.8 Å². The second kappa shape index (κ2) is 7.09. The largest absolute Gasteiger partial charge is 0.350 e. The molecule has 25 heavy (non-hydrogen) atoms. The number of carbonyl (C=O) groups is 1. The van der Waals surface area contributed by atoms with Crippen molar-refractivity contribution in [2.45, 2.75) is 53.2 Å². The van der Waals surface area contributed by atoms with Crippen LogP contribution in [0.4, 0.5) is 0 Å². The molecular formula is C19H25N5O. The highest BCUT2D eigenvalue weighted by molar-refractivity contribution is 5.83. The molecule has 1 aromatic carbocycles. The molecule has 0 aliphatic rings. The third-order valence-corrected chi connectivity index (χ3v) is 4.68. The summed E-state index contributed by atoms with van der Waals surface area (Å²) in [5.41, 5.74) is 5.07. The zero-order valence-corrected chi connectivity index (χ0v) is 15.3. The number of carbonyl (C=O) groups excluding carboxylic acids is 1. The van der Waals surface area contributed by atoms with Crippen molar-refractivity contribution in [1.29, 1.82) is 0 Å². The Labute approximate surface area is 147 Å². The number of hydrogen-bond acceptors (Lipinski definition) is 3. The lowest BCUT2D eigenvalue weighted by molar-refractivity contribution is -0.123. The number of aromatic nitrogens is 4. The van der Waals surface area contributed by atoms with E-state index < -0.39 is 0 Å². The van der Waals surface area contributed by atoms with Gasteiger partial charge in [0, 0.05) is 24.3 Å². The third kappa shape index (κ3) is 3.29. The Bertz CT molecular complexity index is 892. The SMILES string of the molecule is CCCn1nc(C)c(CNC(=O)[C@H](C)n2cnc3ccccc32)c1C. The highest BCUT2D eigenvalue weighted by Gasteiger charge is 2.18. The number of imidazole rings is 1. The summed E-state index contributed by atoms with van der Waals surface area (Å²) in [5, 5.41) is 7.61. The van der Waals surface area contributed by atoms with Gasteiger partial charge in [0.15, 0.2) is 0 Å². The van der Waals surface area contributed by atoms with Crippen LogP contribution < -0.4 is 5.32 Å². The van der Waals surface area contributed by atoms with E-state index in [1.54, 1.807) is 6.33 Å². The Hall–Kier alpha value is -2.63. The number of para-hydroxylation sites is 2. The molecule has 0 fully saturated rings. The fraction of sp³-hybridized carbons (Fsp3) is 0.421. The van der Waals surface area contributed by atoms with Gasteiger partial charge in [-0.05, 0) is 39.3 Å². The Kier molecular flexibility index (Phi) is 4.88. The molecule has 0 unspecified atom stereocenters. The second-order valence-electron chi connectivity index (χ2n) is 6.41. The topological polar surface area (TPSA) is 64.7 Å². The van der Waals surface area contributed by atoms with Crippen LogP contribution in [0.2, 0.25) is 0 Å². The van der Waals surface area contributed by atoms with Crippen molar-refractivity contribution in [1.82, 2.24) is 24.6 Å². The number of benzene rings is 1. The summed E-state index contributed by atoms with van der Waals surface area (Å²) < 4.78 is 3.93. The van der Waals surface area contributed by atoms with Crippen molar-refractivity contribution in [3.63, 3.8) is 0 Å². The van der Waals surface area contributed by atoms with Crippen molar-refractivity contribution in [2.75, 3.05) is 0 Å². The molecule has 0 spiro atoms. The first-order valence-electron chi connectivity index (χ1n) is 8.75. The van der Waals surface area contributed by atoms with Crippen molar-refractivity contribution in [3.05, 3.63) is 47.5 Å². The van der Waals surface area contributed by atoms with Crippen LogP contribution in [0.3, 0.4) is 0 Å². The Balaban J connectivity index is 1.72. The van der Waals surface area contributed by atoms with Gasteiger partial charge in [0.25, 0.3) is 0 Å². The molecule has 0 saturated heterocycles. The lowest BCUT2D eigenvalue weighted by Gasteiger charge is -2.15. The summed E-state index contributed by atoms with van der Waals surface area (Å²) in [4.78, 5) is 17.0. The molecule has 132 valence electrons. The van der Waals surface area contributed by atoms with E-state index in [1.165, 1.54) is 0 Å². The molecule has 2 heterocycles. The normalized spacial score (nSPS) is 12.5. The number of nitrogens with one attached hydrogen (secondary N) is 1. The lowest BCUT2D eigenvalue weighted by atomic mass is 10.2. The molecule has 0 bridgehead atoms. The summed E-state index contributed by atoms with van der Waals surface area (Å²) in [5.74, 6) is -0.0230. The highest BCUT2D eigenvalue weighted by Crippen LogP contribution is 2.18. The van der Waals surface area contributed by atoms with Gasteiger partial charge in [0.2, 0.25) is 5.91 Å². The summed E-state index contributed by atoms with van der Waals surface area (Å²) in [6, 6.07) is 7.52. The maximum absolute atomic E-state index is 12.6. The molecule has 1 atom stereocenters. The van der Waals surface area contributed by atoms with Gasteiger partial charge in [-0.3, -0.25) is 9.48 Å². The van der Waals surface area contributed by atoms with Gasteiger partial charge < -0.3 is 9.88 Å². The molecule has 1 amide bonds. The summed E-state index contributed by atoms with van der Waals surface area (Å²) in [7, 11) is 0. The molecule has 3 rings (SSSR count). The van der Waals surface area contributed by atoms with Gasteiger partial charge in [-0.25, -0.2) is 4.98 Å². The van der Waals surface area contributed by atoms with Crippen LogP contribution in [-0.2, 0) is 17.9 Å². The fourth-order valence-electron chi connectivity index (χ4n) is 3.16. The van der Waals surface area contributed by atoms with Crippen LogP contribution in [0.25, 0.3) is 11.0 Å². The van der Waals surface area contributed by atoms with Crippen LogP contribution >= 0.6 is 0 Å². The zero-order valence-electron chi connectivity index (χ0n) is 15.3. The number of hydrogen-bond donors (Lipinski definition) is 1. The van der Waals surface area contributed by atoms with E-state index in [4.69, 9.17) is 0 Å². The smallest absolute Gasteiger partial charge is 0.243 e. The Morgan fingerprint density at radius 1 is 1.28 bits per heavy atom. The molecule has 1 N–H and O–H groups in total. The number of nitrogens with zero attached hydrogens (tertiary/aromatic N) is 4. The van der Waals surface area contributed by atoms with E-state index >= 15 is 0 Å². The van der Waals surface area contributed by atoms with E-state index in [9.17, 15) is 4.79 Å². The van der Waals surface area contributed by atoms with E-state index in [0.717, 1.165) is 41.0 Å². The summed E-state index contributed by atoms with van der Waals surface area (Å²) in [6.07, 6.45) is 2.77. The van der Waals surface area contributed by atoms with Gasteiger partial charge >= 0.3 is 0 Å². The standard InChI is InChI=1S/C19H25N5O/c1-5-10-24-14(3)16(13(2)22-24)11-20-19(25)15(4)23-12-21-17-8-6-7-9-18(17)23/h6-9,12,15H,5,10-11H2,1-4H3,(H,20,25)/t15-/m0/s1. The molecule has 3 aromatic rings.